The summed E-state index contributed by atoms with van der Waals surface area (Å²) in [5, 5.41) is 0. The van der Waals surface area contributed by atoms with Crippen molar-refractivity contribution in [2.45, 2.75) is 52.9 Å². The molecule has 0 saturated heterocycles. The van der Waals surface area contributed by atoms with E-state index in [4.69, 9.17) is 4.74 Å². The molecule has 2 aliphatic carbocycles. The van der Waals surface area contributed by atoms with Crippen LogP contribution in [0.5, 0.6) is 5.75 Å². The van der Waals surface area contributed by atoms with Gasteiger partial charge in [-0.05, 0) is 69.1 Å². The zero-order valence-corrected chi connectivity index (χ0v) is 13.2. The summed E-state index contributed by atoms with van der Waals surface area (Å²) in [6.07, 6.45) is 7.38. The molecule has 1 saturated carbocycles. The van der Waals surface area contributed by atoms with Gasteiger partial charge < -0.3 is 4.74 Å². The Bertz CT molecular complexity index is 590. The number of aryl methyl sites for hydroxylation is 1. The van der Waals surface area contributed by atoms with Gasteiger partial charge in [0.25, 0.3) is 0 Å². The minimum Gasteiger partial charge on any atom is -0.426 e. The van der Waals surface area contributed by atoms with Crippen LogP contribution in [0.1, 0.15) is 56.2 Å². The molecule has 0 bridgehead atoms. The predicted octanol–water partition coefficient (Wildman–Crippen LogP) is 4.69. The summed E-state index contributed by atoms with van der Waals surface area (Å²) in [6.45, 7) is 6.52. The lowest BCUT2D eigenvalue weighted by Crippen LogP contribution is -2.25. The molecule has 1 aromatic rings. The van der Waals surface area contributed by atoms with Gasteiger partial charge in [0, 0.05) is 5.56 Å². The second-order valence-corrected chi connectivity index (χ2v) is 6.82. The first kappa shape index (κ1) is 14.4. The highest BCUT2D eigenvalue weighted by Crippen LogP contribution is 2.36. The van der Waals surface area contributed by atoms with Crippen LogP contribution in [0.25, 0.3) is 6.08 Å². The van der Waals surface area contributed by atoms with Crippen LogP contribution in [-0.2, 0) is 11.2 Å². The van der Waals surface area contributed by atoms with E-state index in [-0.39, 0.29) is 11.9 Å². The van der Waals surface area contributed by atoms with Crippen LogP contribution in [0, 0.1) is 18.8 Å². The van der Waals surface area contributed by atoms with Gasteiger partial charge in [-0.3, -0.25) is 4.79 Å². The van der Waals surface area contributed by atoms with E-state index < -0.39 is 0 Å². The SMILES string of the molecule is CC1=Cc2c(OC(=O)C3CCC(C)CC3)ccc(C)c2C1. The van der Waals surface area contributed by atoms with E-state index in [2.05, 4.69) is 32.9 Å². The topological polar surface area (TPSA) is 26.3 Å². The number of esters is 1. The number of fused-ring (bicyclic) bond motifs is 1. The number of hydrogen-bond donors (Lipinski definition) is 0. The van der Waals surface area contributed by atoms with Gasteiger partial charge in [-0.1, -0.05) is 24.6 Å². The summed E-state index contributed by atoms with van der Waals surface area (Å²) < 4.78 is 5.75. The lowest BCUT2D eigenvalue weighted by Gasteiger charge is -2.24. The first-order valence-electron chi connectivity index (χ1n) is 8.06. The van der Waals surface area contributed by atoms with E-state index in [9.17, 15) is 4.79 Å². The van der Waals surface area contributed by atoms with Crippen molar-refractivity contribution < 1.29 is 9.53 Å². The second-order valence-electron chi connectivity index (χ2n) is 6.82. The summed E-state index contributed by atoms with van der Waals surface area (Å²) in [5.74, 6) is 1.55. The molecule has 3 rings (SSSR count). The molecule has 1 aromatic carbocycles. The van der Waals surface area contributed by atoms with Gasteiger partial charge in [-0.15, -0.1) is 0 Å². The highest BCUT2D eigenvalue weighted by Gasteiger charge is 2.27. The summed E-state index contributed by atoms with van der Waals surface area (Å²) in [6, 6.07) is 4.02. The Balaban J connectivity index is 1.77. The molecule has 2 aliphatic rings. The molecule has 0 N–H and O–H groups in total. The molecule has 0 amide bonds. The summed E-state index contributed by atoms with van der Waals surface area (Å²) in [4.78, 5) is 12.4. The largest absolute Gasteiger partial charge is 0.426 e. The number of benzene rings is 1. The van der Waals surface area contributed by atoms with Crippen LogP contribution in [0.4, 0.5) is 0 Å². The van der Waals surface area contributed by atoms with Gasteiger partial charge in [-0.25, -0.2) is 0 Å². The molecular formula is C19H24O2. The van der Waals surface area contributed by atoms with Crippen molar-refractivity contribution in [3.05, 3.63) is 34.4 Å². The summed E-state index contributed by atoms with van der Waals surface area (Å²) in [5.41, 5.74) is 5.05. The number of ether oxygens (including phenoxy) is 1. The minimum atomic E-state index is -0.0362. The molecule has 0 radical (unpaired) electrons. The van der Waals surface area contributed by atoms with Crippen molar-refractivity contribution in [2.75, 3.05) is 0 Å². The van der Waals surface area contributed by atoms with Crippen LogP contribution in [-0.4, -0.2) is 5.97 Å². The predicted molar refractivity (Wildman–Crippen MR) is 85.3 cm³/mol. The average molecular weight is 284 g/mol. The Labute approximate surface area is 127 Å². The second kappa shape index (κ2) is 5.67. The van der Waals surface area contributed by atoms with Crippen molar-refractivity contribution in [3.63, 3.8) is 0 Å². The molecule has 21 heavy (non-hydrogen) atoms. The fourth-order valence-corrected chi connectivity index (χ4v) is 3.50. The van der Waals surface area contributed by atoms with Gasteiger partial charge in [0.1, 0.15) is 5.75 Å². The molecule has 0 atom stereocenters. The highest BCUT2D eigenvalue weighted by atomic mass is 16.5. The number of rotatable bonds is 2. The third kappa shape index (κ3) is 2.90. The lowest BCUT2D eigenvalue weighted by atomic mass is 9.83. The van der Waals surface area contributed by atoms with Gasteiger partial charge >= 0.3 is 5.97 Å². The molecule has 0 unspecified atom stereocenters. The Morgan fingerprint density at radius 1 is 1.14 bits per heavy atom. The molecular weight excluding hydrogens is 260 g/mol. The van der Waals surface area contributed by atoms with Crippen molar-refractivity contribution in [3.8, 4) is 5.75 Å². The van der Waals surface area contributed by atoms with Crippen LogP contribution < -0.4 is 4.74 Å². The van der Waals surface area contributed by atoms with Crippen molar-refractivity contribution in [2.24, 2.45) is 11.8 Å². The van der Waals surface area contributed by atoms with Crippen molar-refractivity contribution in [1.82, 2.24) is 0 Å². The van der Waals surface area contributed by atoms with Crippen LogP contribution in [0.15, 0.2) is 17.7 Å². The van der Waals surface area contributed by atoms with Gasteiger partial charge in [0.2, 0.25) is 0 Å². The maximum Gasteiger partial charge on any atom is 0.314 e. The number of hydrogen-bond acceptors (Lipinski definition) is 2. The summed E-state index contributed by atoms with van der Waals surface area (Å²) in [7, 11) is 0. The van der Waals surface area contributed by atoms with E-state index in [1.807, 2.05) is 6.07 Å². The van der Waals surface area contributed by atoms with E-state index >= 15 is 0 Å². The normalized spacial score (nSPS) is 24.4. The number of carbonyl (C=O) groups is 1. The van der Waals surface area contributed by atoms with E-state index in [0.29, 0.717) is 0 Å². The summed E-state index contributed by atoms with van der Waals surface area (Å²) >= 11 is 0. The molecule has 0 aliphatic heterocycles. The van der Waals surface area contributed by atoms with Gasteiger partial charge in [0.15, 0.2) is 0 Å². The van der Waals surface area contributed by atoms with E-state index in [1.165, 1.54) is 16.7 Å². The maximum absolute atomic E-state index is 12.4. The molecule has 0 spiro atoms. The van der Waals surface area contributed by atoms with Crippen molar-refractivity contribution in [1.29, 1.82) is 0 Å². The third-order valence-corrected chi connectivity index (χ3v) is 4.96. The Hall–Kier alpha value is -1.57. The maximum atomic E-state index is 12.4. The Kier molecular flexibility index (Phi) is 3.88. The molecule has 112 valence electrons. The van der Waals surface area contributed by atoms with Crippen LogP contribution in [0.3, 0.4) is 0 Å². The zero-order valence-electron chi connectivity index (χ0n) is 13.2. The quantitative estimate of drug-likeness (QED) is 0.582. The van der Waals surface area contributed by atoms with E-state index in [0.717, 1.165) is 49.3 Å². The molecule has 2 heteroatoms. The number of carbonyl (C=O) groups excluding carboxylic acids is 1. The monoisotopic (exact) mass is 284 g/mol. The highest BCUT2D eigenvalue weighted by molar-refractivity contribution is 5.79. The first-order valence-corrected chi connectivity index (χ1v) is 8.06. The van der Waals surface area contributed by atoms with E-state index in [1.54, 1.807) is 0 Å². The molecule has 0 heterocycles. The third-order valence-electron chi connectivity index (χ3n) is 4.96. The molecule has 1 fully saturated rings. The standard InChI is InChI=1S/C19H24O2/c1-12-4-7-15(8-5-12)19(20)21-18-9-6-14(3)16-10-13(2)11-17(16)18/h6,9,11-12,15H,4-5,7-8,10H2,1-3H3. The lowest BCUT2D eigenvalue weighted by molar-refractivity contribution is -0.140. The Morgan fingerprint density at radius 3 is 2.57 bits per heavy atom. The molecule has 2 nitrogen and oxygen atoms in total. The van der Waals surface area contributed by atoms with Gasteiger partial charge in [0.05, 0.1) is 5.92 Å². The van der Waals surface area contributed by atoms with Crippen LogP contribution >= 0.6 is 0 Å². The Morgan fingerprint density at radius 2 is 1.86 bits per heavy atom. The smallest absolute Gasteiger partial charge is 0.314 e. The van der Waals surface area contributed by atoms with Crippen molar-refractivity contribution >= 4 is 12.0 Å². The zero-order chi connectivity index (χ0) is 15.0. The first-order chi connectivity index (χ1) is 10.0. The van der Waals surface area contributed by atoms with Gasteiger partial charge in [-0.2, -0.15) is 0 Å². The average Bonchev–Trinajstić information content (AvgIpc) is 2.85. The van der Waals surface area contributed by atoms with Crippen LogP contribution in [0.2, 0.25) is 0 Å². The fraction of sp³-hybridized carbons (Fsp3) is 0.526. The number of allylic oxidation sites excluding steroid dienone is 1. The fourth-order valence-electron chi connectivity index (χ4n) is 3.50. The minimum absolute atomic E-state index is 0.0362. The molecule has 0 aromatic heterocycles.